The number of nitrogens with zero attached hydrogens (tertiary/aromatic N) is 2. The fourth-order valence-corrected chi connectivity index (χ4v) is 1.56. The summed E-state index contributed by atoms with van der Waals surface area (Å²) in [7, 11) is 0. The summed E-state index contributed by atoms with van der Waals surface area (Å²) in [6.45, 7) is 0.480. The molecule has 0 bridgehead atoms. The van der Waals surface area contributed by atoms with Gasteiger partial charge in [0.05, 0.1) is 12.8 Å². The predicted octanol–water partition coefficient (Wildman–Crippen LogP) is 2.68. The molecule has 3 nitrogen and oxygen atoms in total. The van der Waals surface area contributed by atoms with Crippen LogP contribution in [0.3, 0.4) is 0 Å². The Morgan fingerprint density at radius 1 is 0.944 bits per heavy atom. The highest BCUT2D eigenvalue weighted by Crippen LogP contribution is 2.03. The van der Waals surface area contributed by atoms with Crippen molar-refractivity contribution in [3.8, 4) is 0 Å². The van der Waals surface area contributed by atoms with Crippen LogP contribution >= 0.6 is 0 Å². The summed E-state index contributed by atoms with van der Waals surface area (Å²) in [5.74, 6) is 0. The summed E-state index contributed by atoms with van der Waals surface area (Å²) < 4.78 is 0. The van der Waals surface area contributed by atoms with Crippen molar-refractivity contribution in [1.82, 2.24) is 5.01 Å². The SMILES string of the molecule is O=CN(Cc1ccccc1)/N=C/c1ccccc1. The normalized spacial score (nSPS) is 10.4. The number of hydrogen-bond acceptors (Lipinski definition) is 2. The van der Waals surface area contributed by atoms with Gasteiger partial charge in [-0.05, 0) is 11.1 Å². The van der Waals surface area contributed by atoms with Gasteiger partial charge in [-0.15, -0.1) is 0 Å². The van der Waals surface area contributed by atoms with Crippen LogP contribution in [0.2, 0.25) is 0 Å². The third-order valence-electron chi connectivity index (χ3n) is 2.46. The first-order valence-electron chi connectivity index (χ1n) is 5.73. The molecule has 0 N–H and O–H groups in total. The predicted molar refractivity (Wildman–Crippen MR) is 72.1 cm³/mol. The van der Waals surface area contributed by atoms with Gasteiger partial charge in [-0.3, -0.25) is 4.79 Å². The molecule has 90 valence electrons. The van der Waals surface area contributed by atoms with Crippen molar-refractivity contribution in [3.63, 3.8) is 0 Å². The number of rotatable bonds is 5. The van der Waals surface area contributed by atoms with Crippen molar-refractivity contribution in [2.75, 3.05) is 0 Å². The fourth-order valence-electron chi connectivity index (χ4n) is 1.56. The highest BCUT2D eigenvalue weighted by atomic mass is 16.1. The van der Waals surface area contributed by atoms with E-state index in [1.165, 1.54) is 5.01 Å². The second-order valence-electron chi connectivity index (χ2n) is 3.84. The minimum absolute atomic E-state index is 0.480. The van der Waals surface area contributed by atoms with E-state index in [0.29, 0.717) is 6.54 Å². The van der Waals surface area contributed by atoms with Gasteiger partial charge < -0.3 is 0 Å². The summed E-state index contributed by atoms with van der Waals surface area (Å²) in [5, 5.41) is 5.53. The largest absolute Gasteiger partial charge is 0.277 e. The molecule has 1 amide bonds. The molecular weight excluding hydrogens is 224 g/mol. The Balaban J connectivity index is 2.02. The van der Waals surface area contributed by atoms with E-state index < -0.39 is 0 Å². The maximum absolute atomic E-state index is 10.9. The maximum Gasteiger partial charge on any atom is 0.230 e. The molecule has 0 spiro atoms. The first-order valence-corrected chi connectivity index (χ1v) is 5.73. The number of amides is 1. The second kappa shape index (κ2) is 6.35. The molecule has 0 unspecified atom stereocenters. The van der Waals surface area contributed by atoms with E-state index in [0.717, 1.165) is 17.5 Å². The van der Waals surface area contributed by atoms with Gasteiger partial charge in [0.25, 0.3) is 0 Å². The Hall–Kier alpha value is -2.42. The molecule has 0 aliphatic carbocycles. The van der Waals surface area contributed by atoms with E-state index in [9.17, 15) is 4.79 Å². The first-order chi connectivity index (χ1) is 8.88. The molecule has 0 heterocycles. The monoisotopic (exact) mass is 238 g/mol. The van der Waals surface area contributed by atoms with E-state index in [4.69, 9.17) is 0 Å². The highest BCUT2D eigenvalue weighted by Gasteiger charge is 1.99. The van der Waals surface area contributed by atoms with Crippen LogP contribution in [-0.4, -0.2) is 17.6 Å². The molecule has 3 heteroatoms. The number of hydrazone groups is 1. The first kappa shape index (κ1) is 12.0. The molecule has 0 aliphatic heterocycles. The third kappa shape index (κ3) is 3.56. The number of benzene rings is 2. The molecule has 0 saturated carbocycles. The van der Waals surface area contributed by atoms with Gasteiger partial charge in [0, 0.05) is 0 Å². The molecule has 2 aromatic carbocycles. The van der Waals surface area contributed by atoms with Crippen molar-refractivity contribution in [2.24, 2.45) is 5.10 Å². The van der Waals surface area contributed by atoms with E-state index >= 15 is 0 Å². The molecule has 0 saturated heterocycles. The summed E-state index contributed by atoms with van der Waals surface area (Å²) >= 11 is 0. The van der Waals surface area contributed by atoms with E-state index in [-0.39, 0.29) is 0 Å². The third-order valence-corrected chi connectivity index (χ3v) is 2.46. The van der Waals surface area contributed by atoms with Crippen LogP contribution in [0, 0.1) is 0 Å². The van der Waals surface area contributed by atoms with Crippen LogP contribution in [0.25, 0.3) is 0 Å². The minimum Gasteiger partial charge on any atom is -0.277 e. The Kier molecular flexibility index (Phi) is 4.25. The Morgan fingerprint density at radius 3 is 2.17 bits per heavy atom. The van der Waals surface area contributed by atoms with Gasteiger partial charge in [0.15, 0.2) is 0 Å². The summed E-state index contributed by atoms with van der Waals surface area (Å²) in [5.41, 5.74) is 2.02. The quantitative estimate of drug-likeness (QED) is 0.448. The molecule has 0 atom stereocenters. The van der Waals surface area contributed by atoms with Crippen molar-refractivity contribution in [1.29, 1.82) is 0 Å². The topological polar surface area (TPSA) is 32.7 Å². The van der Waals surface area contributed by atoms with Crippen molar-refractivity contribution < 1.29 is 4.79 Å². The summed E-state index contributed by atoms with van der Waals surface area (Å²) in [6.07, 6.45) is 2.41. The highest BCUT2D eigenvalue weighted by molar-refractivity contribution is 5.79. The summed E-state index contributed by atoms with van der Waals surface area (Å²) in [4.78, 5) is 10.9. The van der Waals surface area contributed by atoms with Gasteiger partial charge in [0.1, 0.15) is 0 Å². The standard InChI is InChI=1S/C15H14N2O/c18-13-17(12-15-9-5-2-6-10-15)16-11-14-7-3-1-4-8-14/h1-11,13H,12H2/b16-11+. The molecule has 2 rings (SSSR count). The van der Waals surface area contributed by atoms with Gasteiger partial charge in [-0.1, -0.05) is 60.7 Å². The maximum atomic E-state index is 10.9. The van der Waals surface area contributed by atoms with E-state index in [1.807, 2.05) is 60.7 Å². The van der Waals surface area contributed by atoms with Gasteiger partial charge in [0.2, 0.25) is 6.41 Å². The Morgan fingerprint density at radius 2 is 1.56 bits per heavy atom. The number of carbonyl (C=O) groups excluding carboxylic acids is 1. The summed E-state index contributed by atoms with van der Waals surface area (Å²) in [6, 6.07) is 19.5. The van der Waals surface area contributed by atoms with Crippen LogP contribution in [0.15, 0.2) is 65.8 Å². The zero-order valence-corrected chi connectivity index (χ0v) is 9.94. The zero-order chi connectivity index (χ0) is 12.6. The number of carbonyl (C=O) groups is 1. The van der Waals surface area contributed by atoms with E-state index in [1.54, 1.807) is 6.21 Å². The minimum atomic E-state index is 0.480. The van der Waals surface area contributed by atoms with Crippen LogP contribution in [-0.2, 0) is 11.3 Å². The fraction of sp³-hybridized carbons (Fsp3) is 0.0667. The average molecular weight is 238 g/mol. The van der Waals surface area contributed by atoms with Crippen LogP contribution < -0.4 is 0 Å². The second-order valence-corrected chi connectivity index (χ2v) is 3.84. The smallest absolute Gasteiger partial charge is 0.230 e. The van der Waals surface area contributed by atoms with E-state index in [2.05, 4.69) is 5.10 Å². The Labute approximate surface area is 106 Å². The van der Waals surface area contributed by atoms with Crippen LogP contribution in [0.5, 0.6) is 0 Å². The van der Waals surface area contributed by atoms with Crippen LogP contribution in [0.4, 0.5) is 0 Å². The van der Waals surface area contributed by atoms with Gasteiger partial charge >= 0.3 is 0 Å². The van der Waals surface area contributed by atoms with Gasteiger partial charge in [-0.25, -0.2) is 5.01 Å². The van der Waals surface area contributed by atoms with Crippen molar-refractivity contribution >= 4 is 12.6 Å². The molecule has 0 aliphatic rings. The molecule has 18 heavy (non-hydrogen) atoms. The molecule has 0 aromatic heterocycles. The zero-order valence-electron chi connectivity index (χ0n) is 9.94. The lowest BCUT2D eigenvalue weighted by atomic mass is 10.2. The van der Waals surface area contributed by atoms with Crippen molar-refractivity contribution in [2.45, 2.75) is 6.54 Å². The molecule has 0 fully saturated rings. The Bertz CT molecular complexity index is 509. The van der Waals surface area contributed by atoms with Crippen LogP contribution in [0.1, 0.15) is 11.1 Å². The lowest BCUT2D eigenvalue weighted by Crippen LogP contribution is -2.14. The molecular formula is C15H14N2O. The van der Waals surface area contributed by atoms with Gasteiger partial charge in [-0.2, -0.15) is 5.10 Å². The average Bonchev–Trinajstić information content (AvgIpc) is 2.45. The molecule has 2 aromatic rings. The molecule has 0 radical (unpaired) electrons. The lowest BCUT2D eigenvalue weighted by Gasteiger charge is -2.10. The number of hydrogen-bond donors (Lipinski definition) is 0. The van der Waals surface area contributed by atoms with Crippen molar-refractivity contribution in [3.05, 3.63) is 71.8 Å². The lowest BCUT2D eigenvalue weighted by molar-refractivity contribution is -0.118.